The van der Waals surface area contributed by atoms with Crippen molar-refractivity contribution in [1.29, 1.82) is 0 Å². The average molecular weight is 237 g/mol. The highest BCUT2D eigenvalue weighted by Gasteiger charge is 2.22. The molecule has 3 nitrogen and oxygen atoms in total. The number of nitrogens with two attached hydrogens (primary N) is 1. The van der Waals surface area contributed by atoms with Gasteiger partial charge in [0.2, 0.25) is 5.91 Å². The minimum atomic E-state index is -0.0753. The van der Waals surface area contributed by atoms with Gasteiger partial charge in [-0.05, 0) is 19.8 Å². The quantitative estimate of drug-likeness (QED) is 0.793. The van der Waals surface area contributed by atoms with Crippen LogP contribution in [0.1, 0.15) is 34.6 Å². The fourth-order valence-corrected chi connectivity index (χ4v) is 1.33. The standard InChI is InChI=1S/C11H24N2O.ClH/c1-6-13(7-8(2)3)11(14)9(4)10(5)12;/h8-10H,6-7,12H2,1-5H3;1H. The number of carbonyl (C=O) groups excluding carboxylic acids is 1. The normalized spacial score (nSPS) is 14.3. The highest BCUT2D eigenvalue weighted by Crippen LogP contribution is 2.08. The van der Waals surface area contributed by atoms with Crippen molar-refractivity contribution in [3.8, 4) is 0 Å². The predicted molar refractivity (Wildman–Crippen MR) is 67.2 cm³/mol. The summed E-state index contributed by atoms with van der Waals surface area (Å²) in [5.74, 6) is 0.615. The largest absolute Gasteiger partial charge is 0.342 e. The molecule has 2 unspecified atom stereocenters. The number of carbonyl (C=O) groups is 1. The number of hydrogen-bond acceptors (Lipinski definition) is 2. The zero-order valence-electron chi connectivity index (χ0n) is 10.5. The van der Waals surface area contributed by atoms with Crippen LogP contribution in [0.15, 0.2) is 0 Å². The zero-order valence-corrected chi connectivity index (χ0v) is 11.3. The number of amides is 1. The van der Waals surface area contributed by atoms with Crippen molar-refractivity contribution < 1.29 is 4.79 Å². The molecule has 0 aliphatic heterocycles. The van der Waals surface area contributed by atoms with Gasteiger partial charge in [-0.3, -0.25) is 4.79 Å². The summed E-state index contributed by atoms with van der Waals surface area (Å²) in [4.78, 5) is 13.8. The van der Waals surface area contributed by atoms with Crippen molar-refractivity contribution >= 4 is 18.3 Å². The number of rotatable bonds is 5. The monoisotopic (exact) mass is 236 g/mol. The van der Waals surface area contributed by atoms with Crippen molar-refractivity contribution in [3.05, 3.63) is 0 Å². The highest BCUT2D eigenvalue weighted by atomic mass is 35.5. The molecule has 0 bridgehead atoms. The third kappa shape index (κ3) is 6.00. The maximum atomic E-state index is 11.9. The van der Waals surface area contributed by atoms with E-state index < -0.39 is 0 Å². The summed E-state index contributed by atoms with van der Waals surface area (Å²) in [5, 5.41) is 0. The van der Waals surface area contributed by atoms with E-state index in [-0.39, 0.29) is 30.3 Å². The maximum absolute atomic E-state index is 11.9. The Hall–Kier alpha value is -0.280. The van der Waals surface area contributed by atoms with Gasteiger partial charge in [-0.1, -0.05) is 20.8 Å². The molecule has 0 aromatic heterocycles. The van der Waals surface area contributed by atoms with Gasteiger partial charge in [-0.25, -0.2) is 0 Å². The molecule has 0 aliphatic rings. The van der Waals surface area contributed by atoms with Crippen LogP contribution in [0.4, 0.5) is 0 Å². The molecule has 1 amide bonds. The Balaban J connectivity index is 0. The summed E-state index contributed by atoms with van der Waals surface area (Å²) in [7, 11) is 0. The van der Waals surface area contributed by atoms with E-state index in [4.69, 9.17) is 5.73 Å². The van der Waals surface area contributed by atoms with E-state index >= 15 is 0 Å². The minimum Gasteiger partial charge on any atom is -0.342 e. The second kappa shape index (κ2) is 7.94. The topological polar surface area (TPSA) is 46.3 Å². The minimum absolute atomic E-state index is 0. The summed E-state index contributed by atoms with van der Waals surface area (Å²) < 4.78 is 0. The lowest BCUT2D eigenvalue weighted by molar-refractivity contribution is -0.135. The molecule has 0 rings (SSSR count). The summed E-state index contributed by atoms with van der Waals surface area (Å²) in [5.41, 5.74) is 5.71. The summed E-state index contributed by atoms with van der Waals surface area (Å²) in [6.45, 7) is 11.6. The van der Waals surface area contributed by atoms with Gasteiger partial charge in [0.05, 0.1) is 5.92 Å². The van der Waals surface area contributed by atoms with Crippen molar-refractivity contribution in [2.75, 3.05) is 13.1 Å². The molecule has 0 heterocycles. The van der Waals surface area contributed by atoms with Crippen molar-refractivity contribution in [2.45, 2.75) is 40.7 Å². The summed E-state index contributed by atoms with van der Waals surface area (Å²) in [6.07, 6.45) is 0. The Morgan fingerprint density at radius 3 is 2.00 bits per heavy atom. The third-order valence-corrected chi connectivity index (χ3v) is 2.46. The molecule has 2 atom stereocenters. The molecule has 0 saturated heterocycles. The molecular formula is C11H25ClN2O. The molecule has 2 N–H and O–H groups in total. The van der Waals surface area contributed by atoms with Gasteiger partial charge in [-0.15, -0.1) is 12.4 Å². The second-order valence-electron chi connectivity index (χ2n) is 4.42. The Kier molecular flexibility index (Phi) is 9.07. The first kappa shape index (κ1) is 17.1. The van der Waals surface area contributed by atoms with Crippen LogP contribution >= 0.6 is 12.4 Å². The van der Waals surface area contributed by atoms with E-state index in [1.165, 1.54) is 0 Å². The SMILES string of the molecule is CCN(CC(C)C)C(=O)C(C)C(C)N.Cl. The van der Waals surface area contributed by atoms with Crippen LogP contribution in [0.3, 0.4) is 0 Å². The number of hydrogen-bond donors (Lipinski definition) is 1. The molecule has 0 aliphatic carbocycles. The summed E-state index contributed by atoms with van der Waals surface area (Å²) in [6, 6.07) is -0.0660. The Bertz CT molecular complexity index is 183. The average Bonchev–Trinajstić information content (AvgIpc) is 2.11. The van der Waals surface area contributed by atoms with Gasteiger partial charge in [0.1, 0.15) is 0 Å². The molecular weight excluding hydrogens is 212 g/mol. The smallest absolute Gasteiger partial charge is 0.226 e. The Labute approximate surface area is 99.8 Å². The number of halogens is 1. The fraction of sp³-hybridized carbons (Fsp3) is 0.909. The molecule has 0 saturated carbocycles. The highest BCUT2D eigenvalue weighted by molar-refractivity contribution is 5.85. The van der Waals surface area contributed by atoms with E-state index in [1.54, 1.807) is 0 Å². The first-order valence-electron chi connectivity index (χ1n) is 5.44. The van der Waals surface area contributed by atoms with Crippen LogP contribution in [0.2, 0.25) is 0 Å². The molecule has 4 heteroatoms. The lowest BCUT2D eigenvalue weighted by Crippen LogP contribution is -2.43. The molecule has 0 radical (unpaired) electrons. The predicted octanol–water partition coefficient (Wildman–Crippen LogP) is 1.90. The van der Waals surface area contributed by atoms with E-state index in [0.717, 1.165) is 13.1 Å². The molecule has 0 fully saturated rings. The van der Waals surface area contributed by atoms with Crippen molar-refractivity contribution in [3.63, 3.8) is 0 Å². The van der Waals surface area contributed by atoms with Gasteiger partial charge in [0, 0.05) is 19.1 Å². The second-order valence-corrected chi connectivity index (χ2v) is 4.42. The van der Waals surface area contributed by atoms with E-state index in [2.05, 4.69) is 13.8 Å². The van der Waals surface area contributed by atoms with Crippen LogP contribution in [0.25, 0.3) is 0 Å². The molecule has 0 aromatic rings. The van der Waals surface area contributed by atoms with Gasteiger partial charge in [-0.2, -0.15) is 0 Å². The summed E-state index contributed by atoms with van der Waals surface area (Å²) >= 11 is 0. The van der Waals surface area contributed by atoms with Crippen molar-refractivity contribution in [2.24, 2.45) is 17.6 Å². The first-order chi connectivity index (χ1) is 6.40. The lowest BCUT2D eigenvalue weighted by atomic mass is 10.0. The van der Waals surface area contributed by atoms with Crippen LogP contribution in [-0.2, 0) is 4.79 Å². The Morgan fingerprint density at radius 1 is 1.27 bits per heavy atom. The van der Waals surface area contributed by atoms with Gasteiger partial charge in [0.25, 0.3) is 0 Å². The molecule has 15 heavy (non-hydrogen) atoms. The molecule has 0 aromatic carbocycles. The Morgan fingerprint density at radius 2 is 1.73 bits per heavy atom. The fourth-order valence-electron chi connectivity index (χ4n) is 1.33. The molecule has 92 valence electrons. The maximum Gasteiger partial charge on any atom is 0.226 e. The first-order valence-corrected chi connectivity index (χ1v) is 5.44. The van der Waals surface area contributed by atoms with E-state index in [0.29, 0.717) is 5.92 Å². The third-order valence-electron chi connectivity index (χ3n) is 2.46. The van der Waals surface area contributed by atoms with E-state index in [1.807, 2.05) is 25.7 Å². The molecule has 0 spiro atoms. The lowest BCUT2D eigenvalue weighted by Gasteiger charge is -2.27. The van der Waals surface area contributed by atoms with Crippen LogP contribution < -0.4 is 5.73 Å². The van der Waals surface area contributed by atoms with Crippen LogP contribution in [0, 0.1) is 11.8 Å². The van der Waals surface area contributed by atoms with E-state index in [9.17, 15) is 4.79 Å². The van der Waals surface area contributed by atoms with Crippen LogP contribution in [0.5, 0.6) is 0 Å². The van der Waals surface area contributed by atoms with Crippen LogP contribution in [-0.4, -0.2) is 29.9 Å². The van der Waals surface area contributed by atoms with Gasteiger partial charge >= 0.3 is 0 Å². The van der Waals surface area contributed by atoms with Gasteiger partial charge in [0.15, 0.2) is 0 Å². The zero-order chi connectivity index (χ0) is 11.3. The van der Waals surface area contributed by atoms with Crippen molar-refractivity contribution in [1.82, 2.24) is 4.90 Å². The number of nitrogens with zero attached hydrogens (tertiary/aromatic N) is 1. The van der Waals surface area contributed by atoms with Gasteiger partial charge < -0.3 is 10.6 Å².